The number of aliphatic hydroxyl groups is 1. The minimum atomic E-state index is -1.15. The lowest BCUT2D eigenvalue weighted by atomic mass is 9.93. The summed E-state index contributed by atoms with van der Waals surface area (Å²) in [6, 6.07) is 0. The molecule has 0 spiro atoms. The maximum atomic E-state index is 11.3. The van der Waals surface area contributed by atoms with E-state index in [9.17, 15) is 9.90 Å². The van der Waals surface area contributed by atoms with Crippen LogP contribution in [-0.2, 0) is 9.53 Å². The summed E-state index contributed by atoms with van der Waals surface area (Å²) in [7, 11) is 0. The van der Waals surface area contributed by atoms with Crippen LogP contribution in [0.4, 0.5) is 0 Å². The Hall–Kier alpha value is -0.610. The van der Waals surface area contributed by atoms with Crippen molar-refractivity contribution in [3.8, 4) is 0 Å². The van der Waals surface area contributed by atoms with Crippen molar-refractivity contribution in [2.75, 3.05) is 13.2 Å². The molecule has 0 fully saturated rings. The van der Waals surface area contributed by atoms with E-state index >= 15 is 0 Å². The molecule has 0 saturated heterocycles. The minimum Gasteiger partial charge on any atom is -0.466 e. The Balaban J connectivity index is 3.77. The second-order valence-electron chi connectivity index (χ2n) is 5.41. The van der Waals surface area contributed by atoms with Crippen LogP contribution >= 0.6 is 0 Å². The molecule has 1 unspecified atom stereocenters. The van der Waals surface area contributed by atoms with Gasteiger partial charge >= 0.3 is 5.97 Å². The van der Waals surface area contributed by atoms with Crippen molar-refractivity contribution in [1.82, 2.24) is 0 Å². The molecule has 3 N–H and O–H groups in total. The van der Waals surface area contributed by atoms with Crippen LogP contribution in [0, 0.1) is 5.41 Å². The highest BCUT2D eigenvalue weighted by molar-refractivity contribution is 5.70. The smallest absolute Gasteiger partial charge is 0.308 e. The van der Waals surface area contributed by atoms with E-state index < -0.39 is 11.6 Å². The van der Waals surface area contributed by atoms with Crippen molar-refractivity contribution in [3.63, 3.8) is 0 Å². The summed E-state index contributed by atoms with van der Waals surface area (Å²) in [5, 5.41) is 9.53. The van der Waals surface area contributed by atoms with E-state index in [0.717, 1.165) is 6.42 Å². The number of nitrogens with two attached hydrogens (primary N) is 1. The van der Waals surface area contributed by atoms with Gasteiger partial charge in [-0.2, -0.15) is 0 Å². The SMILES string of the molecule is CC(C)(C)CCOC(=O)CC(C)(O)CN. The second-order valence-corrected chi connectivity index (χ2v) is 5.41. The van der Waals surface area contributed by atoms with Crippen LogP contribution in [0.25, 0.3) is 0 Å². The Labute approximate surface area is 91.8 Å². The van der Waals surface area contributed by atoms with Gasteiger partial charge in [-0.05, 0) is 18.8 Å². The molecule has 0 amide bonds. The zero-order valence-electron chi connectivity index (χ0n) is 10.2. The van der Waals surface area contributed by atoms with E-state index in [1.807, 2.05) is 0 Å². The van der Waals surface area contributed by atoms with E-state index in [2.05, 4.69) is 20.8 Å². The van der Waals surface area contributed by atoms with Gasteiger partial charge < -0.3 is 15.6 Å². The highest BCUT2D eigenvalue weighted by atomic mass is 16.5. The van der Waals surface area contributed by atoms with E-state index in [0.29, 0.717) is 6.61 Å². The van der Waals surface area contributed by atoms with Crippen molar-refractivity contribution in [2.24, 2.45) is 11.1 Å². The molecule has 90 valence electrons. The zero-order chi connectivity index (χ0) is 12.1. The topological polar surface area (TPSA) is 72.5 Å². The van der Waals surface area contributed by atoms with Crippen LogP contribution in [-0.4, -0.2) is 29.8 Å². The highest BCUT2D eigenvalue weighted by Crippen LogP contribution is 2.18. The van der Waals surface area contributed by atoms with E-state index in [4.69, 9.17) is 10.5 Å². The summed E-state index contributed by atoms with van der Waals surface area (Å²) in [5.41, 5.74) is 4.29. The minimum absolute atomic E-state index is 0.0480. The molecule has 0 aliphatic heterocycles. The fourth-order valence-corrected chi connectivity index (χ4v) is 0.905. The van der Waals surface area contributed by atoms with Crippen LogP contribution in [0.15, 0.2) is 0 Å². The molecule has 0 aliphatic carbocycles. The summed E-state index contributed by atoms with van der Waals surface area (Å²) in [4.78, 5) is 11.3. The average molecular weight is 217 g/mol. The van der Waals surface area contributed by atoms with Crippen molar-refractivity contribution < 1.29 is 14.6 Å². The van der Waals surface area contributed by atoms with Gasteiger partial charge in [0.25, 0.3) is 0 Å². The number of hydrogen-bond donors (Lipinski definition) is 2. The van der Waals surface area contributed by atoms with Crippen LogP contribution in [0.2, 0.25) is 0 Å². The number of carbonyl (C=O) groups is 1. The van der Waals surface area contributed by atoms with Crippen LogP contribution in [0.5, 0.6) is 0 Å². The fourth-order valence-electron chi connectivity index (χ4n) is 0.905. The van der Waals surface area contributed by atoms with E-state index in [1.54, 1.807) is 0 Å². The first-order valence-electron chi connectivity index (χ1n) is 5.24. The Bertz CT molecular complexity index is 206. The molecule has 0 radical (unpaired) electrons. The molecule has 0 saturated carbocycles. The summed E-state index contributed by atoms with van der Waals surface area (Å²) in [6.45, 7) is 8.22. The van der Waals surface area contributed by atoms with Gasteiger partial charge in [0.2, 0.25) is 0 Å². The first-order valence-corrected chi connectivity index (χ1v) is 5.24. The fraction of sp³-hybridized carbons (Fsp3) is 0.909. The first kappa shape index (κ1) is 14.4. The third-order valence-electron chi connectivity index (χ3n) is 2.08. The largest absolute Gasteiger partial charge is 0.466 e. The normalized spacial score (nSPS) is 15.9. The third kappa shape index (κ3) is 8.39. The molecule has 0 aliphatic rings. The van der Waals surface area contributed by atoms with E-state index in [-0.39, 0.29) is 18.4 Å². The van der Waals surface area contributed by atoms with Gasteiger partial charge in [-0.15, -0.1) is 0 Å². The predicted molar refractivity (Wildman–Crippen MR) is 59.3 cm³/mol. The molecule has 4 heteroatoms. The van der Waals surface area contributed by atoms with Crippen LogP contribution < -0.4 is 5.73 Å². The van der Waals surface area contributed by atoms with Gasteiger partial charge in [0.1, 0.15) is 0 Å². The number of hydrogen-bond acceptors (Lipinski definition) is 4. The van der Waals surface area contributed by atoms with Gasteiger partial charge in [-0.1, -0.05) is 20.8 Å². The van der Waals surface area contributed by atoms with E-state index in [1.165, 1.54) is 6.92 Å². The number of rotatable bonds is 5. The first-order chi connectivity index (χ1) is 6.66. The maximum absolute atomic E-state index is 11.3. The summed E-state index contributed by atoms with van der Waals surface area (Å²) >= 11 is 0. The van der Waals surface area contributed by atoms with Gasteiger partial charge in [0.05, 0.1) is 18.6 Å². The zero-order valence-corrected chi connectivity index (χ0v) is 10.2. The van der Waals surface area contributed by atoms with Crippen molar-refractivity contribution in [3.05, 3.63) is 0 Å². The highest BCUT2D eigenvalue weighted by Gasteiger charge is 2.23. The Kier molecular flexibility index (Phi) is 5.24. The molecule has 0 aromatic rings. The molecule has 0 aromatic heterocycles. The number of carbonyl (C=O) groups excluding carboxylic acids is 1. The molecule has 0 aromatic carbocycles. The second kappa shape index (κ2) is 5.47. The monoisotopic (exact) mass is 217 g/mol. The summed E-state index contributed by atoms with van der Waals surface area (Å²) in [5.74, 6) is -0.394. The van der Waals surface area contributed by atoms with Crippen LogP contribution in [0.3, 0.4) is 0 Å². The lowest BCUT2D eigenvalue weighted by Gasteiger charge is -2.21. The quantitative estimate of drug-likeness (QED) is 0.675. The van der Waals surface area contributed by atoms with Crippen molar-refractivity contribution in [2.45, 2.75) is 46.1 Å². The van der Waals surface area contributed by atoms with Gasteiger partial charge in [-0.3, -0.25) is 4.79 Å². The molecule has 0 bridgehead atoms. The molecule has 4 nitrogen and oxygen atoms in total. The predicted octanol–water partition coefficient (Wildman–Crippen LogP) is 1.07. The van der Waals surface area contributed by atoms with Crippen LogP contribution in [0.1, 0.15) is 40.5 Å². The lowest BCUT2D eigenvalue weighted by molar-refractivity contribution is -0.148. The molecular formula is C11H23NO3. The summed E-state index contributed by atoms with van der Waals surface area (Å²) in [6.07, 6.45) is 0.761. The molecule has 0 heterocycles. The van der Waals surface area contributed by atoms with Gasteiger partial charge in [-0.25, -0.2) is 0 Å². The summed E-state index contributed by atoms with van der Waals surface area (Å²) < 4.78 is 5.00. The Morgan fingerprint density at radius 3 is 2.27 bits per heavy atom. The number of ether oxygens (including phenoxy) is 1. The molecule has 0 rings (SSSR count). The number of esters is 1. The Morgan fingerprint density at radius 2 is 1.87 bits per heavy atom. The standard InChI is InChI=1S/C11H23NO3/c1-10(2,3)5-6-15-9(13)7-11(4,14)8-12/h14H,5-8,12H2,1-4H3. The lowest BCUT2D eigenvalue weighted by Crippen LogP contribution is -2.37. The van der Waals surface area contributed by atoms with Gasteiger partial charge in [0, 0.05) is 6.54 Å². The van der Waals surface area contributed by atoms with Crippen molar-refractivity contribution in [1.29, 1.82) is 0 Å². The molecular weight excluding hydrogens is 194 g/mol. The van der Waals surface area contributed by atoms with Crippen molar-refractivity contribution >= 4 is 5.97 Å². The maximum Gasteiger partial charge on any atom is 0.308 e. The Morgan fingerprint density at radius 1 is 1.33 bits per heavy atom. The molecule has 1 atom stereocenters. The third-order valence-corrected chi connectivity index (χ3v) is 2.08. The molecule has 15 heavy (non-hydrogen) atoms. The average Bonchev–Trinajstić information content (AvgIpc) is 2.00. The van der Waals surface area contributed by atoms with Gasteiger partial charge in [0.15, 0.2) is 0 Å².